The van der Waals surface area contributed by atoms with E-state index in [0.717, 1.165) is 30.2 Å². The van der Waals surface area contributed by atoms with Gasteiger partial charge in [0.1, 0.15) is 5.69 Å². The van der Waals surface area contributed by atoms with E-state index < -0.39 is 11.8 Å². The van der Waals surface area contributed by atoms with Crippen LogP contribution < -0.4 is 5.56 Å². The van der Waals surface area contributed by atoms with Gasteiger partial charge in [-0.1, -0.05) is 103 Å². The largest absolute Gasteiger partial charge is 0.272 e. The third-order valence-corrected chi connectivity index (χ3v) is 6.95. The number of aromatic nitrogens is 4. The van der Waals surface area contributed by atoms with Crippen LogP contribution in [0, 0.1) is 0 Å². The first-order chi connectivity index (χ1) is 19.9. The van der Waals surface area contributed by atoms with Crippen molar-refractivity contribution in [2.75, 3.05) is 0 Å². The van der Waals surface area contributed by atoms with Crippen LogP contribution in [0.5, 0.6) is 0 Å². The highest BCUT2D eigenvalue weighted by atomic mass is 35.5. The minimum Gasteiger partial charge on any atom is -0.267 e. The molecule has 0 atom stereocenters. The van der Waals surface area contributed by atoms with Crippen LogP contribution in [0.3, 0.4) is 0 Å². The first-order valence-electron chi connectivity index (χ1n) is 12.8. The number of rotatable bonds is 4. The fraction of sp³-hybridized carbons (Fsp3) is 0.125. The first-order valence-corrected chi connectivity index (χ1v) is 13.2. The SMILES string of the molecule is CC(F)(F)c1ccc(-c2n[nH]c(=O)c3ccccc23)cc1.CC(F)(F)c1ccc(-c2nnc(Cl)c3ccccc23)cc1. The highest BCUT2D eigenvalue weighted by Gasteiger charge is 2.25. The quantitative estimate of drug-likeness (QED) is 0.208. The zero-order valence-electron chi connectivity index (χ0n) is 22.4. The van der Waals surface area contributed by atoms with Crippen molar-refractivity contribution in [1.82, 2.24) is 20.4 Å². The predicted octanol–water partition coefficient (Wildman–Crippen LogP) is 8.76. The van der Waals surface area contributed by atoms with Gasteiger partial charge < -0.3 is 0 Å². The lowest BCUT2D eigenvalue weighted by molar-refractivity contribution is 0.0168. The molecule has 4 aromatic carbocycles. The highest BCUT2D eigenvalue weighted by molar-refractivity contribution is 6.34. The third kappa shape index (κ3) is 6.01. The lowest BCUT2D eigenvalue weighted by Crippen LogP contribution is -2.09. The molecule has 42 heavy (non-hydrogen) atoms. The van der Waals surface area contributed by atoms with Gasteiger partial charge in [0, 0.05) is 52.3 Å². The Bertz CT molecular complexity index is 1930. The molecule has 6 aromatic rings. The number of H-pyrrole nitrogens is 1. The summed E-state index contributed by atoms with van der Waals surface area (Å²) in [5.41, 5.74) is 2.24. The molecule has 6 rings (SSSR count). The predicted molar refractivity (Wildman–Crippen MR) is 157 cm³/mol. The summed E-state index contributed by atoms with van der Waals surface area (Å²) in [6, 6.07) is 26.5. The molecular formula is C32H23ClF4N4O. The van der Waals surface area contributed by atoms with Gasteiger partial charge in [-0.15, -0.1) is 10.2 Å². The van der Waals surface area contributed by atoms with Crippen LogP contribution in [-0.2, 0) is 11.8 Å². The molecule has 212 valence electrons. The van der Waals surface area contributed by atoms with Crippen molar-refractivity contribution < 1.29 is 17.6 Å². The van der Waals surface area contributed by atoms with Crippen molar-refractivity contribution in [3.8, 4) is 22.5 Å². The van der Waals surface area contributed by atoms with Gasteiger partial charge in [-0.25, -0.2) is 22.7 Å². The van der Waals surface area contributed by atoms with E-state index in [1.165, 1.54) is 24.3 Å². The Hall–Kier alpha value is -4.63. The van der Waals surface area contributed by atoms with Crippen LogP contribution in [0.2, 0.25) is 5.15 Å². The minimum absolute atomic E-state index is 0.0301. The lowest BCUT2D eigenvalue weighted by atomic mass is 10.0. The molecular weight excluding hydrogens is 568 g/mol. The van der Waals surface area contributed by atoms with E-state index in [2.05, 4.69) is 20.4 Å². The van der Waals surface area contributed by atoms with Crippen LogP contribution in [0.1, 0.15) is 25.0 Å². The van der Waals surface area contributed by atoms with Gasteiger partial charge in [-0.2, -0.15) is 5.10 Å². The summed E-state index contributed by atoms with van der Waals surface area (Å²) in [6.07, 6.45) is 0. The molecule has 0 aliphatic carbocycles. The van der Waals surface area contributed by atoms with E-state index in [0.29, 0.717) is 32.9 Å². The van der Waals surface area contributed by atoms with Crippen LogP contribution in [-0.4, -0.2) is 20.4 Å². The Balaban J connectivity index is 0.000000168. The van der Waals surface area contributed by atoms with E-state index in [-0.39, 0.29) is 16.7 Å². The monoisotopic (exact) mass is 590 g/mol. The average molecular weight is 591 g/mol. The molecule has 0 amide bonds. The van der Waals surface area contributed by atoms with Crippen molar-refractivity contribution in [1.29, 1.82) is 0 Å². The van der Waals surface area contributed by atoms with Crippen molar-refractivity contribution in [3.63, 3.8) is 0 Å². The number of halogens is 5. The Labute approximate surface area is 242 Å². The maximum Gasteiger partial charge on any atom is 0.272 e. The number of alkyl halides is 4. The molecule has 0 saturated carbocycles. The van der Waals surface area contributed by atoms with Crippen LogP contribution >= 0.6 is 11.6 Å². The van der Waals surface area contributed by atoms with Gasteiger partial charge in [0.2, 0.25) is 0 Å². The van der Waals surface area contributed by atoms with Crippen molar-refractivity contribution in [3.05, 3.63) is 124 Å². The molecule has 0 unspecified atom stereocenters. The van der Waals surface area contributed by atoms with Crippen LogP contribution in [0.15, 0.2) is 102 Å². The zero-order valence-corrected chi connectivity index (χ0v) is 23.1. The molecule has 0 saturated heterocycles. The van der Waals surface area contributed by atoms with Gasteiger partial charge in [-0.05, 0) is 6.07 Å². The van der Waals surface area contributed by atoms with Crippen molar-refractivity contribution in [2.45, 2.75) is 25.7 Å². The number of benzene rings is 4. The molecule has 0 radical (unpaired) electrons. The second kappa shape index (κ2) is 11.3. The van der Waals surface area contributed by atoms with Gasteiger partial charge in [-0.3, -0.25) is 4.79 Å². The van der Waals surface area contributed by atoms with Gasteiger partial charge in [0.15, 0.2) is 5.15 Å². The Morgan fingerprint density at radius 2 is 1.02 bits per heavy atom. The number of nitrogens with one attached hydrogen (secondary N) is 1. The average Bonchev–Trinajstić information content (AvgIpc) is 2.98. The molecule has 0 aliphatic heterocycles. The number of aromatic amines is 1. The standard InChI is InChI=1S/C16H11ClF2N2.C16H12F2N2O/c1-16(18,19)11-8-6-10(7-9-11)14-12-4-2-3-5-13(12)15(17)21-20-14;1-16(17,18)11-8-6-10(7-9-11)14-12-4-2-3-5-13(12)15(21)20-19-14/h2-9H,1H3;2-9H,1H3,(H,20,21). The lowest BCUT2D eigenvalue weighted by Gasteiger charge is -2.11. The van der Waals surface area contributed by atoms with Gasteiger partial charge >= 0.3 is 0 Å². The molecule has 2 aromatic heterocycles. The summed E-state index contributed by atoms with van der Waals surface area (Å²) < 4.78 is 53.0. The maximum atomic E-state index is 13.2. The molecule has 1 N–H and O–H groups in total. The van der Waals surface area contributed by atoms with E-state index in [4.69, 9.17) is 11.6 Å². The summed E-state index contributed by atoms with van der Waals surface area (Å²) in [5.74, 6) is -5.73. The number of fused-ring (bicyclic) bond motifs is 2. The number of nitrogens with zero attached hydrogens (tertiary/aromatic N) is 3. The Morgan fingerprint density at radius 1 is 0.595 bits per heavy atom. The molecule has 0 bridgehead atoms. The van der Waals surface area contributed by atoms with E-state index >= 15 is 0 Å². The Kier molecular flexibility index (Phi) is 7.79. The van der Waals surface area contributed by atoms with Crippen LogP contribution in [0.4, 0.5) is 17.6 Å². The zero-order chi connectivity index (χ0) is 30.1. The molecule has 5 nitrogen and oxygen atoms in total. The number of hydrogen-bond donors (Lipinski definition) is 1. The van der Waals surface area contributed by atoms with Gasteiger partial charge in [0.25, 0.3) is 17.4 Å². The minimum atomic E-state index is -2.88. The molecule has 10 heteroatoms. The summed E-state index contributed by atoms with van der Waals surface area (Å²) in [4.78, 5) is 11.7. The summed E-state index contributed by atoms with van der Waals surface area (Å²) in [7, 11) is 0. The normalized spacial score (nSPS) is 11.8. The second-order valence-electron chi connectivity index (χ2n) is 9.76. The molecule has 0 spiro atoms. The van der Waals surface area contributed by atoms with Crippen molar-refractivity contribution in [2.24, 2.45) is 0 Å². The van der Waals surface area contributed by atoms with E-state index in [1.807, 2.05) is 30.3 Å². The molecule has 2 heterocycles. The van der Waals surface area contributed by atoms with Crippen molar-refractivity contribution >= 4 is 33.1 Å². The third-order valence-electron chi connectivity index (χ3n) is 6.67. The maximum absolute atomic E-state index is 13.2. The Morgan fingerprint density at radius 3 is 1.52 bits per heavy atom. The summed E-state index contributed by atoms with van der Waals surface area (Å²) in [5, 5.41) is 17.7. The first kappa shape index (κ1) is 28.9. The van der Waals surface area contributed by atoms with E-state index in [1.54, 1.807) is 42.5 Å². The van der Waals surface area contributed by atoms with Crippen LogP contribution in [0.25, 0.3) is 44.1 Å². The van der Waals surface area contributed by atoms with E-state index in [9.17, 15) is 22.4 Å². The fourth-order valence-corrected chi connectivity index (χ4v) is 4.66. The number of hydrogen-bond acceptors (Lipinski definition) is 4. The molecule has 0 fully saturated rings. The smallest absolute Gasteiger partial charge is 0.267 e. The van der Waals surface area contributed by atoms with Gasteiger partial charge in [0.05, 0.1) is 11.1 Å². The fourth-order valence-electron chi connectivity index (χ4n) is 4.46. The summed E-state index contributed by atoms with van der Waals surface area (Å²) in [6.45, 7) is 1.73. The summed E-state index contributed by atoms with van der Waals surface area (Å²) >= 11 is 6.03. The molecule has 0 aliphatic rings. The second-order valence-corrected chi connectivity index (χ2v) is 10.1. The topological polar surface area (TPSA) is 71.5 Å². The highest BCUT2D eigenvalue weighted by Crippen LogP contribution is 2.33.